The number of nitrogens with one attached hydrogen (secondary N) is 1. The molecule has 0 unspecified atom stereocenters. The molecule has 1 N–H and O–H groups in total. The van der Waals surface area contributed by atoms with E-state index in [4.69, 9.17) is 21.1 Å². The van der Waals surface area contributed by atoms with Crippen LogP contribution in [0.1, 0.15) is 42.5 Å². The number of hydrogen-bond acceptors (Lipinski definition) is 6. The van der Waals surface area contributed by atoms with E-state index in [1.165, 1.54) is 37.6 Å². The van der Waals surface area contributed by atoms with E-state index in [9.17, 15) is 14.0 Å². The van der Waals surface area contributed by atoms with Gasteiger partial charge >= 0.3 is 0 Å². The highest BCUT2D eigenvalue weighted by atomic mass is 35.5. The summed E-state index contributed by atoms with van der Waals surface area (Å²) in [5, 5.41) is 2.90. The van der Waals surface area contributed by atoms with Gasteiger partial charge in [0.05, 0.1) is 11.6 Å². The zero-order valence-corrected chi connectivity index (χ0v) is 21.9. The molecule has 1 aromatic heterocycles. The maximum Gasteiger partial charge on any atom is 0.257 e. The van der Waals surface area contributed by atoms with E-state index in [1.54, 1.807) is 17.0 Å². The first-order chi connectivity index (χ1) is 17.9. The van der Waals surface area contributed by atoms with Crippen LogP contribution in [0.5, 0.6) is 11.6 Å². The molecule has 2 amide bonds. The Balaban J connectivity index is 1.46. The number of aromatic nitrogens is 1. The van der Waals surface area contributed by atoms with E-state index >= 15 is 0 Å². The van der Waals surface area contributed by atoms with E-state index in [2.05, 4.69) is 15.2 Å². The number of hydrogen-bond donors (Lipinski definition) is 1. The number of ether oxygens (including phenoxy) is 2. The predicted molar refractivity (Wildman–Crippen MR) is 138 cm³/mol. The Morgan fingerprint density at radius 3 is 2.65 bits per heavy atom. The van der Waals surface area contributed by atoms with Gasteiger partial charge < -0.3 is 24.6 Å². The molecule has 2 aromatic rings. The molecule has 1 saturated carbocycles. The van der Waals surface area contributed by atoms with Crippen LogP contribution in [0.2, 0.25) is 5.02 Å². The van der Waals surface area contributed by atoms with Gasteiger partial charge in [0.1, 0.15) is 23.2 Å². The van der Waals surface area contributed by atoms with Gasteiger partial charge in [-0.2, -0.15) is 0 Å². The van der Waals surface area contributed by atoms with Crippen LogP contribution in [0.4, 0.5) is 4.39 Å². The monoisotopic (exact) mass is 532 g/mol. The van der Waals surface area contributed by atoms with Crippen LogP contribution in [0.15, 0.2) is 36.5 Å². The van der Waals surface area contributed by atoms with Crippen LogP contribution in [0.25, 0.3) is 0 Å². The number of rotatable bonds is 9. The normalized spacial score (nSPS) is 17.9. The van der Waals surface area contributed by atoms with Crippen molar-refractivity contribution in [2.45, 2.75) is 38.1 Å². The summed E-state index contributed by atoms with van der Waals surface area (Å²) in [5.41, 5.74) is 0.131. The number of carbonyl (C=O) groups excluding carboxylic acids is 2. The first kappa shape index (κ1) is 27.3. The SMILES string of the molecule is CN1CCN(C(=O)[C@@H](COCC2CCCCC2)NC(=O)c2cccnc2Oc2ccc(F)cc2Cl)CC1. The van der Waals surface area contributed by atoms with Crippen LogP contribution >= 0.6 is 11.6 Å². The summed E-state index contributed by atoms with van der Waals surface area (Å²) in [6.45, 7) is 3.40. The van der Waals surface area contributed by atoms with Crippen LogP contribution in [-0.2, 0) is 9.53 Å². The van der Waals surface area contributed by atoms with Crippen molar-refractivity contribution in [1.82, 2.24) is 20.1 Å². The minimum atomic E-state index is -0.845. The molecule has 1 aromatic carbocycles. The van der Waals surface area contributed by atoms with E-state index in [1.807, 2.05) is 7.05 Å². The fourth-order valence-corrected chi connectivity index (χ4v) is 4.88. The molecule has 0 bridgehead atoms. The van der Waals surface area contributed by atoms with Gasteiger partial charge in [-0.1, -0.05) is 30.9 Å². The maximum atomic E-state index is 13.4. The van der Waals surface area contributed by atoms with Gasteiger partial charge in [0.2, 0.25) is 11.8 Å². The Bertz CT molecular complexity index is 1070. The summed E-state index contributed by atoms with van der Waals surface area (Å²) in [5.74, 6) is -0.537. The summed E-state index contributed by atoms with van der Waals surface area (Å²) in [6.07, 6.45) is 7.41. The second-order valence-electron chi connectivity index (χ2n) is 9.73. The number of pyridine rings is 1. The molecule has 0 radical (unpaired) electrons. The van der Waals surface area contributed by atoms with Gasteiger partial charge in [0, 0.05) is 39.0 Å². The molecule has 4 rings (SSSR count). The van der Waals surface area contributed by atoms with Crippen molar-refractivity contribution in [3.05, 3.63) is 52.9 Å². The lowest BCUT2D eigenvalue weighted by molar-refractivity contribution is -0.136. The van der Waals surface area contributed by atoms with Gasteiger partial charge in [-0.05, 0) is 56.1 Å². The third-order valence-corrected chi connectivity index (χ3v) is 7.19. The second kappa shape index (κ2) is 13.2. The molecule has 37 heavy (non-hydrogen) atoms. The van der Waals surface area contributed by atoms with Gasteiger partial charge in [0.15, 0.2) is 0 Å². The number of amides is 2. The Kier molecular flexibility index (Phi) is 9.71. The third kappa shape index (κ3) is 7.63. The average Bonchev–Trinajstić information content (AvgIpc) is 2.90. The number of piperazine rings is 1. The fourth-order valence-electron chi connectivity index (χ4n) is 4.67. The number of carbonyl (C=O) groups is 2. The number of benzene rings is 1. The number of likely N-dealkylation sites (N-methyl/N-ethyl adjacent to an activating group) is 1. The molecule has 1 aliphatic heterocycles. The van der Waals surface area contributed by atoms with E-state index in [-0.39, 0.29) is 34.7 Å². The standard InChI is InChI=1S/C27H34ClFN4O4/c1-32-12-14-33(15-13-32)27(35)23(18-36-17-19-6-3-2-4-7-19)31-25(34)21-8-5-11-30-26(21)37-24-10-9-20(29)16-22(24)28/h5,8-11,16,19,23H,2-4,6-7,12-15,17-18H2,1H3,(H,31,34)/t23-/m1/s1. The lowest BCUT2D eigenvalue weighted by atomic mass is 9.90. The first-order valence-corrected chi connectivity index (χ1v) is 13.2. The number of halogens is 2. The van der Waals surface area contributed by atoms with Gasteiger partial charge in [-0.15, -0.1) is 0 Å². The second-order valence-corrected chi connectivity index (χ2v) is 10.1. The van der Waals surface area contributed by atoms with Crippen molar-refractivity contribution in [2.24, 2.45) is 5.92 Å². The molecule has 1 aliphatic carbocycles. The van der Waals surface area contributed by atoms with Crippen LogP contribution < -0.4 is 10.1 Å². The molecule has 8 nitrogen and oxygen atoms in total. The summed E-state index contributed by atoms with van der Waals surface area (Å²) < 4.78 is 25.2. The quantitative estimate of drug-likeness (QED) is 0.522. The van der Waals surface area contributed by atoms with Crippen molar-refractivity contribution in [3.8, 4) is 11.6 Å². The van der Waals surface area contributed by atoms with Crippen molar-refractivity contribution >= 4 is 23.4 Å². The third-order valence-electron chi connectivity index (χ3n) is 6.90. The highest BCUT2D eigenvalue weighted by Crippen LogP contribution is 2.30. The van der Waals surface area contributed by atoms with E-state index < -0.39 is 17.8 Å². The lowest BCUT2D eigenvalue weighted by Crippen LogP contribution is -2.55. The fraction of sp³-hybridized carbons (Fsp3) is 0.519. The minimum absolute atomic E-state index is 0.00225. The Hall–Kier alpha value is -2.75. The molecular weight excluding hydrogens is 499 g/mol. The largest absolute Gasteiger partial charge is 0.437 e. The Morgan fingerprint density at radius 2 is 1.92 bits per heavy atom. The van der Waals surface area contributed by atoms with Gasteiger partial charge in [-0.3, -0.25) is 9.59 Å². The van der Waals surface area contributed by atoms with Gasteiger partial charge in [0.25, 0.3) is 5.91 Å². The van der Waals surface area contributed by atoms with Crippen LogP contribution in [0, 0.1) is 11.7 Å². The van der Waals surface area contributed by atoms with E-state index in [0.29, 0.717) is 25.6 Å². The highest BCUT2D eigenvalue weighted by Gasteiger charge is 2.30. The molecule has 200 valence electrons. The smallest absolute Gasteiger partial charge is 0.257 e. The van der Waals surface area contributed by atoms with Crippen molar-refractivity contribution in [2.75, 3.05) is 46.4 Å². The molecule has 2 aliphatic rings. The molecule has 0 spiro atoms. The molecule has 1 saturated heterocycles. The minimum Gasteiger partial charge on any atom is -0.437 e. The Labute approximate surface area is 222 Å². The van der Waals surface area contributed by atoms with Crippen LogP contribution in [0.3, 0.4) is 0 Å². The van der Waals surface area contributed by atoms with Crippen molar-refractivity contribution in [3.63, 3.8) is 0 Å². The highest BCUT2D eigenvalue weighted by molar-refractivity contribution is 6.32. The molecule has 2 heterocycles. The Morgan fingerprint density at radius 1 is 1.16 bits per heavy atom. The zero-order valence-electron chi connectivity index (χ0n) is 21.1. The molecular formula is C27H34ClFN4O4. The average molecular weight is 533 g/mol. The number of nitrogens with zero attached hydrogens (tertiary/aromatic N) is 3. The first-order valence-electron chi connectivity index (χ1n) is 12.8. The summed E-state index contributed by atoms with van der Waals surface area (Å²) >= 11 is 6.09. The summed E-state index contributed by atoms with van der Waals surface area (Å²) in [4.78, 5) is 34.9. The zero-order chi connectivity index (χ0) is 26.2. The molecule has 2 fully saturated rings. The lowest BCUT2D eigenvalue weighted by Gasteiger charge is -2.35. The predicted octanol–water partition coefficient (Wildman–Crippen LogP) is 4.14. The topological polar surface area (TPSA) is 84.0 Å². The van der Waals surface area contributed by atoms with Crippen LogP contribution in [-0.4, -0.2) is 79.1 Å². The van der Waals surface area contributed by atoms with Gasteiger partial charge in [-0.25, -0.2) is 9.37 Å². The molecule has 1 atom stereocenters. The molecule has 10 heteroatoms. The van der Waals surface area contributed by atoms with Crippen molar-refractivity contribution in [1.29, 1.82) is 0 Å². The van der Waals surface area contributed by atoms with Crippen molar-refractivity contribution < 1.29 is 23.5 Å². The summed E-state index contributed by atoms with van der Waals surface area (Å²) in [6, 6.07) is 6.00. The van der Waals surface area contributed by atoms with E-state index in [0.717, 1.165) is 32.0 Å². The summed E-state index contributed by atoms with van der Waals surface area (Å²) in [7, 11) is 2.02. The maximum absolute atomic E-state index is 13.4.